The topological polar surface area (TPSA) is 63.6 Å². The summed E-state index contributed by atoms with van der Waals surface area (Å²) in [5.74, 6) is -0.649. The SMILES string of the molecule is CCCCCC/C=C\CCCCCCCC(=O)OC(CCCCC)CCCCCCCCCCCCCC(=O)O. The van der Waals surface area contributed by atoms with E-state index in [2.05, 4.69) is 26.0 Å². The van der Waals surface area contributed by atoms with Crippen molar-refractivity contribution in [2.24, 2.45) is 0 Å². The first-order valence-corrected chi connectivity index (χ1v) is 17.7. The monoisotopic (exact) mass is 565 g/mol. The quantitative estimate of drug-likeness (QED) is 0.0501. The molecule has 0 amide bonds. The Balaban J connectivity index is 3.76. The minimum atomic E-state index is -0.672. The van der Waals surface area contributed by atoms with Crippen molar-refractivity contribution >= 4 is 11.9 Å². The molecular formula is C36H68O4. The molecule has 0 heterocycles. The zero-order valence-corrected chi connectivity index (χ0v) is 26.9. The van der Waals surface area contributed by atoms with Gasteiger partial charge in [-0.1, -0.05) is 135 Å². The lowest BCUT2D eigenvalue weighted by atomic mass is 10.0. The van der Waals surface area contributed by atoms with Crippen LogP contribution in [0.3, 0.4) is 0 Å². The van der Waals surface area contributed by atoms with Gasteiger partial charge < -0.3 is 9.84 Å². The number of allylic oxidation sites excluding steroid dienone is 2. The van der Waals surface area contributed by atoms with E-state index in [1.54, 1.807) is 0 Å². The van der Waals surface area contributed by atoms with Crippen molar-refractivity contribution in [3.05, 3.63) is 12.2 Å². The summed E-state index contributed by atoms with van der Waals surface area (Å²) in [6.45, 7) is 4.49. The molecule has 0 radical (unpaired) electrons. The summed E-state index contributed by atoms with van der Waals surface area (Å²) in [4.78, 5) is 23.0. The van der Waals surface area contributed by atoms with E-state index >= 15 is 0 Å². The zero-order valence-electron chi connectivity index (χ0n) is 26.9. The van der Waals surface area contributed by atoms with Crippen LogP contribution >= 0.6 is 0 Å². The molecule has 0 rings (SSSR count). The summed E-state index contributed by atoms with van der Waals surface area (Å²) < 4.78 is 5.94. The highest BCUT2D eigenvalue weighted by Gasteiger charge is 2.14. The van der Waals surface area contributed by atoms with E-state index in [4.69, 9.17) is 9.84 Å². The minimum Gasteiger partial charge on any atom is -0.481 e. The number of hydrogen-bond acceptors (Lipinski definition) is 3. The van der Waals surface area contributed by atoms with Gasteiger partial charge in [-0.25, -0.2) is 0 Å². The molecule has 0 aromatic heterocycles. The molecule has 0 aliphatic carbocycles. The van der Waals surface area contributed by atoms with E-state index in [0.29, 0.717) is 12.8 Å². The van der Waals surface area contributed by atoms with Gasteiger partial charge in [0, 0.05) is 12.8 Å². The Morgan fingerprint density at radius 1 is 0.525 bits per heavy atom. The number of rotatable bonds is 32. The van der Waals surface area contributed by atoms with Crippen molar-refractivity contribution in [1.29, 1.82) is 0 Å². The van der Waals surface area contributed by atoms with Crippen LogP contribution in [0.1, 0.15) is 200 Å². The predicted octanol–water partition coefficient (Wildman–Crippen LogP) is 11.9. The molecule has 236 valence electrons. The number of esters is 1. The fourth-order valence-electron chi connectivity index (χ4n) is 5.35. The highest BCUT2D eigenvalue weighted by molar-refractivity contribution is 5.69. The van der Waals surface area contributed by atoms with Gasteiger partial charge in [-0.2, -0.15) is 0 Å². The van der Waals surface area contributed by atoms with Gasteiger partial charge in [-0.3, -0.25) is 9.59 Å². The number of carbonyl (C=O) groups excluding carboxylic acids is 1. The number of hydrogen-bond donors (Lipinski definition) is 1. The van der Waals surface area contributed by atoms with Gasteiger partial charge in [-0.15, -0.1) is 0 Å². The van der Waals surface area contributed by atoms with Crippen LogP contribution < -0.4 is 0 Å². The molecule has 0 aromatic rings. The Bertz CT molecular complexity index is 571. The van der Waals surface area contributed by atoms with Crippen LogP contribution in [-0.2, 0) is 14.3 Å². The summed E-state index contributed by atoms with van der Waals surface area (Å²) >= 11 is 0. The molecular weight excluding hydrogens is 496 g/mol. The maximum absolute atomic E-state index is 12.5. The maximum atomic E-state index is 12.5. The van der Waals surface area contributed by atoms with Crippen molar-refractivity contribution in [1.82, 2.24) is 0 Å². The van der Waals surface area contributed by atoms with Gasteiger partial charge in [-0.05, 0) is 64.2 Å². The molecule has 0 aromatic carbocycles. The summed E-state index contributed by atoms with van der Waals surface area (Å²) in [5, 5.41) is 8.67. The Hall–Kier alpha value is -1.32. The average molecular weight is 565 g/mol. The summed E-state index contributed by atoms with van der Waals surface area (Å²) in [6, 6.07) is 0. The largest absolute Gasteiger partial charge is 0.481 e. The fraction of sp³-hybridized carbons (Fsp3) is 0.889. The van der Waals surface area contributed by atoms with Gasteiger partial charge in [0.05, 0.1) is 0 Å². The van der Waals surface area contributed by atoms with E-state index in [1.165, 1.54) is 128 Å². The third kappa shape index (κ3) is 31.2. The molecule has 4 heteroatoms. The molecule has 0 saturated heterocycles. The maximum Gasteiger partial charge on any atom is 0.306 e. The van der Waals surface area contributed by atoms with Crippen molar-refractivity contribution in [3.8, 4) is 0 Å². The number of unbranched alkanes of at least 4 members (excludes halogenated alkanes) is 21. The first-order valence-electron chi connectivity index (χ1n) is 17.7. The number of carboxylic acids is 1. The highest BCUT2D eigenvalue weighted by Crippen LogP contribution is 2.18. The van der Waals surface area contributed by atoms with Crippen LogP contribution in [0.5, 0.6) is 0 Å². The predicted molar refractivity (Wildman–Crippen MR) is 172 cm³/mol. The first-order chi connectivity index (χ1) is 19.6. The fourth-order valence-corrected chi connectivity index (χ4v) is 5.35. The Labute approximate surface area is 249 Å². The van der Waals surface area contributed by atoms with Crippen molar-refractivity contribution in [3.63, 3.8) is 0 Å². The average Bonchev–Trinajstić information content (AvgIpc) is 2.93. The van der Waals surface area contributed by atoms with Crippen LogP contribution in [0.4, 0.5) is 0 Å². The molecule has 4 nitrogen and oxygen atoms in total. The third-order valence-electron chi connectivity index (χ3n) is 7.99. The molecule has 1 N–H and O–H groups in total. The zero-order chi connectivity index (χ0) is 29.4. The van der Waals surface area contributed by atoms with E-state index in [0.717, 1.165) is 44.9 Å². The van der Waals surface area contributed by atoms with E-state index in [-0.39, 0.29) is 12.1 Å². The number of aliphatic carboxylic acids is 1. The van der Waals surface area contributed by atoms with Gasteiger partial charge in [0.15, 0.2) is 0 Å². The molecule has 0 bridgehead atoms. The molecule has 1 unspecified atom stereocenters. The third-order valence-corrected chi connectivity index (χ3v) is 7.99. The van der Waals surface area contributed by atoms with Crippen molar-refractivity contribution in [2.75, 3.05) is 0 Å². The van der Waals surface area contributed by atoms with Crippen LogP contribution in [0, 0.1) is 0 Å². The van der Waals surface area contributed by atoms with Crippen molar-refractivity contribution in [2.45, 2.75) is 206 Å². The van der Waals surface area contributed by atoms with Gasteiger partial charge in [0.1, 0.15) is 6.10 Å². The second-order valence-corrected chi connectivity index (χ2v) is 12.1. The van der Waals surface area contributed by atoms with Gasteiger partial charge in [0.2, 0.25) is 0 Å². The molecule has 0 aliphatic rings. The van der Waals surface area contributed by atoms with E-state index in [1.807, 2.05) is 0 Å². The minimum absolute atomic E-state index is 0.0236. The summed E-state index contributed by atoms with van der Waals surface area (Å²) in [5.41, 5.74) is 0. The lowest BCUT2D eigenvalue weighted by Crippen LogP contribution is -2.18. The Morgan fingerprint density at radius 2 is 0.900 bits per heavy atom. The Kier molecular flexibility index (Phi) is 31.1. The van der Waals surface area contributed by atoms with Crippen LogP contribution in [-0.4, -0.2) is 23.1 Å². The Morgan fingerprint density at radius 3 is 1.40 bits per heavy atom. The lowest BCUT2D eigenvalue weighted by molar-refractivity contribution is -0.150. The number of carbonyl (C=O) groups is 2. The number of ether oxygens (including phenoxy) is 1. The summed E-state index contributed by atoms with van der Waals surface area (Å²) in [7, 11) is 0. The molecule has 1 atom stereocenters. The lowest BCUT2D eigenvalue weighted by Gasteiger charge is -2.18. The summed E-state index contributed by atoms with van der Waals surface area (Å²) in [6.07, 6.45) is 38.2. The second kappa shape index (κ2) is 32.2. The first kappa shape index (κ1) is 38.7. The molecule has 0 aliphatic heterocycles. The van der Waals surface area contributed by atoms with E-state index < -0.39 is 5.97 Å². The molecule has 0 spiro atoms. The van der Waals surface area contributed by atoms with Crippen molar-refractivity contribution < 1.29 is 19.4 Å². The molecule has 0 fully saturated rings. The normalized spacial score (nSPS) is 12.2. The van der Waals surface area contributed by atoms with Gasteiger partial charge in [0.25, 0.3) is 0 Å². The van der Waals surface area contributed by atoms with Gasteiger partial charge >= 0.3 is 11.9 Å². The highest BCUT2D eigenvalue weighted by atomic mass is 16.5. The molecule has 0 saturated carbocycles. The standard InChI is InChI=1S/C36H68O4/c1-3-5-7-8-9-10-11-12-16-19-22-25-29-33-36(39)40-34(30-26-6-4-2)31-27-23-20-17-14-13-15-18-21-24-28-32-35(37)38/h10-11,34H,3-9,12-33H2,1-2H3,(H,37,38)/b11-10-. The van der Waals surface area contributed by atoms with Crippen LogP contribution in [0.25, 0.3) is 0 Å². The smallest absolute Gasteiger partial charge is 0.306 e. The number of carboxylic acid groups (broad SMARTS) is 1. The van der Waals surface area contributed by atoms with E-state index in [9.17, 15) is 9.59 Å². The second-order valence-electron chi connectivity index (χ2n) is 12.1. The van der Waals surface area contributed by atoms with Crippen LogP contribution in [0.15, 0.2) is 12.2 Å². The van der Waals surface area contributed by atoms with Crippen LogP contribution in [0.2, 0.25) is 0 Å². The molecule has 40 heavy (non-hydrogen) atoms.